The molecule has 13 rings (SSSR count). The summed E-state index contributed by atoms with van der Waals surface area (Å²) in [6, 6.07) is 44.6. The van der Waals surface area contributed by atoms with Crippen LogP contribution in [0.4, 0.5) is 0 Å². The van der Waals surface area contributed by atoms with Crippen molar-refractivity contribution < 1.29 is 28.4 Å². The molecule has 16 heteroatoms. The summed E-state index contributed by atoms with van der Waals surface area (Å²) in [5.41, 5.74) is 16.9. The fourth-order valence-electron chi connectivity index (χ4n) is 15.4. The normalized spacial score (nSPS) is 12.0. The summed E-state index contributed by atoms with van der Waals surface area (Å²) in [6.07, 6.45) is 37.2. The van der Waals surface area contributed by atoms with Gasteiger partial charge >= 0.3 is 0 Å². The molecule has 7 heterocycles. The van der Waals surface area contributed by atoms with E-state index in [1.165, 1.54) is 116 Å². The van der Waals surface area contributed by atoms with E-state index < -0.39 is 0 Å². The predicted octanol–water partition coefficient (Wildman–Crippen LogP) is 29.5. The average Bonchev–Trinajstić information content (AvgIpc) is 1.61. The van der Waals surface area contributed by atoms with Crippen LogP contribution in [0.15, 0.2) is 133 Å². The Bertz CT molecular complexity index is 5650. The van der Waals surface area contributed by atoms with Crippen LogP contribution in [0.1, 0.15) is 318 Å². The molecule has 6 aromatic carbocycles. The minimum atomic E-state index is -0.0101. The third-order valence-corrected chi connectivity index (χ3v) is 24.1. The lowest BCUT2D eigenvalue weighted by molar-refractivity contribution is 0.235. The molecule has 666 valence electrons. The van der Waals surface area contributed by atoms with Crippen LogP contribution in [-0.2, 0) is 0 Å². The number of nitrogens with one attached hydrogen (secondary N) is 2. The number of hydrogen-bond donors (Lipinski definition) is 2. The maximum Gasteiger partial charge on any atom is 0.131 e. The number of rotatable bonds is 38. The molecule has 0 aliphatic carbocycles. The molecule has 0 saturated carbocycles. The van der Waals surface area contributed by atoms with Crippen LogP contribution in [-0.4, -0.2) is 77.1 Å². The largest absolute Gasteiger partial charge is 0.494 e. The highest BCUT2D eigenvalue weighted by Crippen LogP contribution is 2.47. The van der Waals surface area contributed by atoms with Crippen LogP contribution in [0, 0.1) is 69.0 Å². The Morgan fingerprint density at radius 3 is 0.859 bits per heavy atom. The predicted molar refractivity (Wildman–Crippen MR) is 534 cm³/mol. The van der Waals surface area contributed by atoms with Gasteiger partial charge in [0.1, 0.15) is 56.6 Å². The highest BCUT2D eigenvalue weighted by Gasteiger charge is 2.27. The Balaban J connectivity index is 0.947. The first-order valence-electron chi connectivity index (χ1n) is 46.9. The number of H-pyrrole nitrogens is 2. The molecule has 5 aromatic heterocycles. The molecule has 0 unspecified atom stereocenters. The molecule has 8 bridgehead atoms. The second kappa shape index (κ2) is 45.5. The summed E-state index contributed by atoms with van der Waals surface area (Å²) in [7, 11) is 0. The monoisotopic (exact) mass is 1750 g/mol. The molecule has 0 atom stereocenters. The van der Waals surface area contributed by atoms with E-state index >= 15 is 0 Å². The maximum atomic E-state index is 7.03. The first-order valence-corrected chi connectivity index (χ1v) is 48.4. The van der Waals surface area contributed by atoms with E-state index in [9.17, 15) is 0 Å². The van der Waals surface area contributed by atoms with Gasteiger partial charge in [-0.3, -0.25) is 0 Å². The number of ether oxygens (including phenoxy) is 6. The second-order valence-electron chi connectivity index (χ2n) is 38.8. The SMILES string of the molecule is CCCCCCCCCCCCOc1ccc(C#Cc2ccc(C#Cc3c4nc(c(-c5c(OCCC(C)(C)C)cccc5OCCC(C)(C)C)c5ccc([nH]5)c(C#Cc5ccc(C#Cc6ccc(OCCCCCCCCCCCC)cc6)c6nsnc56)c5nc(c(-c6c(OCCC(C)(C)C)cccc6OCCC(C)(C)C)c6ccc3[nH]6)C=C5)C=C4)c3nsnc23)cc1. The van der Waals surface area contributed by atoms with Crippen molar-refractivity contribution in [2.24, 2.45) is 21.7 Å². The van der Waals surface area contributed by atoms with Crippen molar-refractivity contribution in [3.63, 3.8) is 0 Å². The van der Waals surface area contributed by atoms with Gasteiger partial charge in [-0.15, -0.1) is 0 Å². The lowest BCUT2D eigenvalue weighted by Crippen LogP contribution is -2.13. The van der Waals surface area contributed by atoms with Crippen LogP contribution in [0.25, 0.3) is 90.7 Å². The topological polar surface area (TPSA) is 164 Å². The van der Waals surface area contributed by atoms with Gasteiger partial charge in [-0.25, -0.2) is 9.97 Å². The van der Waals surface area contributed by atoms with Crippen LogP contribution >= 0.6 is 23.5 Å². The fourth-order valence-corrected chi connectivity index (χ4v) is 16.5. The van der Waals surface area contributed by atoms with Gasteiger partial charge in [0.15, 0.2) is 0 Å². The Morgan fingerprint density at radius 1 is 0.273 bits per heavy atom. The zero-order valence-electron chi connectivity index (χ0n) is 78.2. The van der Waals surface area contributed by atoms with E-state index in [2.05, 4.69) is 203 Å². The molecule has 0 fully saturated rings. The first-order chi connectivity index (χ1) is 61.9. The Morgan fingerprint density at radius 2 is 0.555 bits per heavy atom. The van der Waals surface area contributed by atoms with Crippen LogP contribution in [0.2, 0.25) is 0 Å². The highest BCUT2D eigenvalue weighted by atomic mass is 32.1. The summed E-state index contributed by atoms with van der Waals surface area (Å²) in [4.78, 5) is 19.4. The van der Waals surface area contributed by atoms with E-state index in [0.29, 0.717) is 141 Å². The van der Waals surface area contributed by atoms with E-state index in [1.807, 2.05) is 109 Å². The molecule has 2 N–H and O–H groups in total. The van der Waals surface area contributed by atoms with Gasteiger partial charge in [0.05, 0.1) is 141 Å². The van der Waals surface area contributed by atoms with Gasteiger partial charge in [0.2, 0.25) is 0 Å². The smallest absolute Gasteiger partial charge is 0.131 e. The Hall–Kier alpha value is -11.4. The first kappa shape index (κ1) is 94.2. The molecule has 0 spiro atoms. The van der Waals surface area contributed by atoms with Gasteiger partial charge in [-0.1, -0.05) is 272 Å². The van der Waals surface area contributed by atoms with Crippen molar-refractivity contribution in [2.45, 2.75) is 251 Å². The third kappa shape index (κ3) is 27.3. The summed E-state index contributed by atoms with van der Waals surface area (Å²) in [5, 5.41) is 0. The van der Waals surface area contributed by atoms with Gasteiger partial charge in [0, 0.05) is 33.3 Å². The number of aromatic amines is 2. The Labute approximate surface area is 769 Å². The minimum Gasteiger partial charge on any atom is -0.494 e. The summed E-state index contributed by atoms with van der Waals surface area (Å²) < 4.78 is 60.0. The fraction of sp³-hybridized carbons (Fsp3) is 0.429. The quantitative estimate of drug-likeness (QED) is 0.0278. The molecular formula is C112H130N8O6S2. The molecule has 0 radical (unpaired) electrons. The number of unbranched alkanes of at least 4 members (excludes halogenated alkanes) is 18. The zero-order valence-corrected chi connectivity index (χ0v) is 79.8. The third-order valence-electron chi connectivity index (χ3n) is 23.1. The second-order valence-corrected chi connectivity index (χ2v) is 39.8. The summed E-state index contributed by atoms with van der Waals surface area (Å²) in [5.74, 6) is 32.7. The van der Waals surface area contributed by atoms with Gasteiger partial charge in [-0.2, -0.15) is 17.5 Å². The molecule has 0 saturated heterocycles. The number of hydrogen-bond acceptors (Lipinski definition) is 14. The summed E-state index contributed by atoms with van der Waals surface area (Å²) >= 11 is 2.29. The lowest BCUT2D eigenvalue weighted by Gasteiger charge is -2.22. The highest BCUT2D eigenvalue weighted by molar-refractivity contribution is 7.00. The molecule has 2 aliphatic rings. The molecule has 2 aliphatic heterocycles. The molecule has 11 aromatic rings. The molecular weight excluding hydrogens is 1620 g/mol. The van der Waals surface area contributed by atoms with Crippen molar-refractivity contribution in [1.29, 1.82) is 0 Å². The van der Waals surface area contributed by atoms with E-state index in [4.69, 9.17) is 55.9 Å². The number of benzene rings is 6. The Kier molecular flexibility index (Phi) is 33.5. The number of aromatic nitrogens is 8. The van der Waals surface area contributed by atoms with Crippen LogP contribution < -0.4 is 28.4 Å². The molecule has 0 amide bonds. The number of fused-ring (bicyclic) bond motifs is 10. The van der Waals surface area contributed by atoms with E-state index in [0.717, 1.165) is 129 Å². The van der Waals surface area contributed by atoms with Crippen molar-refractivity contribution in [3.05, 3.63) is 201 Å². The van der Waals surface area contributed by atoms with E-state index in [1.54, 1.807) is 0 Å². The van der Waals surface area contributed by atoms with E-state index in [-0.39, 0.29) is 21.7 Å². The number of nitrogens with zero attached hydrogens (tertiary/aromatic N) is 6. The standard InChI is InChI=1S/C112H130N8O6S2/c1-15-17-19-21-23-25-27-29-31-33-73-121-85-55-43-79(44-56-85)41-47-81-49-51-83(107-105(81)117-127-119-107)53-59-87-89-61-65-93(113-89)101(103-97(123-75-69-109(3,4)5)37-35-38-98(103)124-76-70-110(6,7)8)95-67-63-91(115-95)88(60-54-84-52-50-82(106-108(84)120-128-118-106)48-42-80-45-57-86(58-46-80)122-74-34-32-30-28-26-24-22-20-18-16-2)92-64-68-96(116-92)102(94-66-62-90(87)114-94)104-99(125-77-71-111(9,10)11)39-36-40-100(104)126-78-72-112(12,13)14/h35-40,43-46,49-52,55-58,61-68,113,116H,15-34,69-78H2,1-14H3. The van der Waals surface area contributed by atoms with Gasteiger partial charge < -0.3 is 38.4 Å². The summed E-state index contributed by atoms with van der Waals surface area (Å²) in [6.45, 7) is 34.6. The maximum absolute atomic E-state index is 7.03. The lowest BCUT2D eigenvalue weighted by atomic mass is 9.93. The van der Waals surface area contributed by atoms with Crippen LogP contribution in [0.3, 0.4) is 0 Å². The van der Waals surface area contributed by atoms with Gasteiger partial charge in [0.25, 0.3) is 0 Å². The molecule has 14 nitrogen and oxygen atoms in total. The van der Waals surface area contributed by atoms with Crippen molar-refractivity contribution in [2.75, 3.05) is 39.6 Å². The van der Waals surface area contributed by atoms with Crippen molar-refractivity contribution in [1.82, 2.24) is 37.4 Å². The van der Waals surface area contributed by atoms with Gasteiger partial charge in [-0.05, 0) is 206 Å². The van der Waals surface area contributed by atoms with Crippen molar-refractivity contribution in [3.8, 4) is 104 Å². The zero-order chi connectivity index (χ0) is 89.9. The van der Waals surface area contributed by atoms with Crippen LogP contribution in [0.5, 0.6) is 34.5 Å². The minimum absolute atomic E-state index is 0.0101. The van der Waals surface area contributed by atoms with Crippen molar-refractivity contribution >= 4 is 91.9 Å². The average molecular weight is 1750 g/mol. The molecule has 128 heavy (non-hydrogen) atoms.